The lowest BCUT2D eigenvalue weighted by Crippen LogP contribution is -2.34. The summed E-state index contributed by atoms with van der Waals surface area (Å²) in [6.45, 7) is 0. The van der Waals surface area contributed by atoms with Gasteiger partial charge in [0.25, 0.3) is 0 Å². The number of halogens is 1. The zero-order valence-electron chi connectivity index (χ0n) is 12.0. The van der Waals surface area contributed by atoms with Crippen molar-refractivity contribution in [1.29, 1.82) is 0 Å². The van der Waals surface area contributed by atoms with Crippen molar-refractivity contribution in [2.75, 3.05) is 12.4 Å². The minimum atomic E-state index is -0.388. The van der Waals surface area contributed by atoms with Crippen LogP contribution >= 0.6 is 12.4 Å². The third-order valence-corrected chi connectivity index (χ3v) is 3.66. The van der Waals surface area contributed by atoms with Gasteiger partial charge in [-0.25, -0.2) is 4.79 Å². The van der Waals surface area contributed by atoms with Gasteiger partial charge in [0.1, 0.15) is 0 Å². The largest absolute Gasteiger partial charge is 0.465 e. The normalized spacial score (nSPS) is 21.0. The van der Waals surface area contributed by atoms with Crippen LogP contribution in [0.2, 0.25) is 0 Å². The van der Waals surface area contributed by atoms with Crippen LogP contribution in [0.4, 0.5) is 5.69 Å². The fourth-order valence-corrected chi connectivity index (χ4v) is 2.52. The fraction of sp³-hybridized carbons (Fsp3) is 0.467. The van der Waals surface area contributed by atoms with E-state index in [9.17, 15) is 9.59 Å². The molecule has 1 amide bonds. The predicted octanol–water partition coefficient (Wildman–Crippen LogP) is 2.35. The van der Waals surface area contributed by atoms with Gasteiger partial charge in [-0.3, -0.25) is 4.79 Å². The first-order valence-electron chi connectivity index (χ1n) is 6.85. The summed E-state index contributed by atoms with van der Waals surface area (Å²) in [5.74, 6) is -0.397. The molecule has 0 bridgehead atoms. The highest BCUT2D eigenvalue weighted by Gasteiger charge is 2.25. The molecule has 1 fully saturated rings. The second-order valence-corrected chi connectivity index (χ2v) is 5.18. The number of carbonyl (C=O) groups is 2. The molecule has 1 aromatic carbocycles. The minimum absolute atomic E-state index is 0. The molecule has 2 unspecified atom stereocenters. The van der Waals surface area contributed by atoms with Gasteiger partial charge in [-0.05, 0) is 43.5 Å². The lowest BCUT2D eigenvalue weighted by atomic mass is 9.85. The number of anilines is 1. The monoisotopic (exact) mass is 312 g/mol. The quantitative estimate of drug-likeness (QED) is 0.839. The SMILES string of the molecule is COC(=O)c1ccc(NC(=O)C2CCCC(N)C2)cc1.Cl. The Labute approximate surface area is 130 Å². The zero-order valence-corrected chi connectivity index (χ0v) is 12.8. The molecule has 3 N–H and O–H groups in total. The van der Waals surface area contributed by atoms with E-state index in [2.05, 4.69) is 10.1 Å². The molecule has 1 saturated carbocycles. The molecular weight excluding hydrogens is 292 g/mol. The van der Waals surface area contributed by atoms with Crippen LogP contribution in [-0.4, -0.2) is 25.0 Å². The Morgan fingerprint density at radius 1 is 1.24 bits per heavy atom. The van der Waals surface area contributed by atoms with Gasteiger partial charge in [-0.15, -0.1) is 12.4 Å². The highest BCUT2D eigenvalue weighted by molar-refractivity contribution is 5.94. The lowest BCUT2D eigenvalue weighted by Gasteiger charge is -2.25. The van der Waals surface area contributed by atoms with Crippen LogP contribution in [-0.2, 0) is 9.53 Å². The Morgan fingerprint density at radius 3 is 2.48 bits per heavy atom. The van der Waals surface area contributed by atoms with Gasteiger partial charge in [-0.2, -0.15) is 0 Å². The van der Waals surface area contributed by atoms with Gasteiger partial charge in [0.15, 0.2) is 0 Å². The molecule has 0 aromatic heterocycles. The van der Waals surface area contributed by atoms with Crippen molar-refractivity contribution in [2.24, 2.45) is 11.7 Å². The van der Waals surface area contributed by atoms with Crippen molar-refractivity contribution in [3.05, 3.63) is 29.8 Å². The Bertz CT molecular complexity index is 490. The van der Waals surface area contributed by atoms with Crippen molar-refractivity contribution in [1.82, 2.24) is 0 Å². The molecule has 0 saturated heterocycles. The van der Waals surface area contributed by atoms with Crippen LogP contribution in [0, 0.1) is 5.92 Å². The van der Waals surface area contributed by atoms with E-state index >= 15 is 0 Å². The zero-order chi connectivity index (χ0) is 14.5. The number of benzene rings is 1. The highest BCUT2D eigenvalue weighted by Crippen LogP contribution is 2.24. The maximum atomic E-state index is 12.1. The number of nitrogens with two attached hydrogens (primary N) is 1. The number of ether oxygens (including phenoxy) is 1. The molecule has 2 rings (SSSR count). The second kappa shape index (κ2) is 8.00. The van der Waals surface area contributed by atoms with E-state index in [-0.39, 0.29) is 36.2 Å². The average Bonchev–Trinajstić information content (AvgIpc) is 2.47. The van der Waals surface area contributed by atoms with Crippen LogP contribution in [0.25, 0.3) is 0 Å². The maximum absolute atomic E-state index is 12.1. The summed E-state index contributed by atoms with van der Waals surface area (Å²) in [6, 6.07) is 6.79. The van der Waals surface area contributed by atoms with Crippen LogP contribution < -0.4 is 11.1 Å². The molecule has 21 heavy (non-hydrogen) atoms. The summed E-state index contributed by atoms with van der Waals surface area (Å²) < 4.78 is 4.62. The number of amides is 1. The Hall–Kier alpha value is -1.59. The minimum Gasteiger partial charge on any atom is -0.465 e. The number of carbonyl (C=O) groups excluding carboxylic acids is 2. The molecule has 6 heteroatoms. The summed E-state index contributed by atoms with van der Waals surface area (Å²) in [7, 11) is 1.34. The first-order chi connectivity index (χ1) is 9.60. The van der Waals surface area contributed by atoms with E-state index in [4.69, 9.17) is 5.73 Å². The van der Waals surface area contributed by atoms with Crippen LogP contribution in [0.3, 0.4) is 0 Å². The standard InChI is InChI=1S/C15H20N2O3.ClH/c1-20-15(19)10-5-7-13(8-6-10)17-14(18)11-3-2-4-12(16)9-11;/h5-8,11-12H,2-4,9,16H2,1H3,(H,17,18);1H. The molecule has 2 atom stereocenters. The number of nitrogens with one attached hydrogen (secondary N) is 1. The molecule has 1 aromatic rings. The molecule has 1 aliphatic rings. The van der Waals surface area contributed by atoms with Gasteiger partial charge in [0.05, 0.1) is 12.7 Å². The molecular formula is C15H21ClN2O3. The fourth-order valence-electron chi connectivity index (χ4n) is 2.52. The van der Waals surface area contributed by atoms with Gasteiger partial charge in [-0.1, -0.05) is 6.42 Å². The number of methoxy groups -OCH3 is 1. The molecule has 0 heterocycles. The molecule has 5 nitrogen and oxygen atoms in total. The van der Waals surface area contributed by atoms with Crippen molar-refractivity contribution >= 4 is 30.0 Å². The summed E-state index contributed by atoms with van der Waals surface area (Å²) in [5, 5.41) is 2.87. The van der Waals surface area contributed by atoms with Crippen molar-refractivity contribution in [3.63, 3.8) is 0 Å². The Morgan fingerprint density at radius 2 is 1.90 bits per heavy atom. The molecule has 0 radical (unpaired) electrons. The molecule has 1 aliphatic carbocycles. The van der Waals surface area contributed by atoms with E-state index < -0.39 is 0 Å². The van der Waals surface area contributed by atoms with Crippen molar-refractivity contribution in [3.8, 4) is 0 Å². The first-order valence-corrected chi connectivity index (χ1v) is 6.85. The predicted molar refractivity (Wildman–Crippen MR) is 83.6 cm³/mol. The van der Waals surface area contributed by atoms with Crippen LogP contribution in [0.1, 0.15) is 36.0 Å². The Kier molecular flexibility index (Phi) is 6.65. The second-order valence-electron chi connectivity index (χ2n) is 5.18. The summed E-state index contributed by atoms with van der Waals surface area (Å²) in [4.78, 5) is 23.4. The van der Waals surface area contributed by atoms with Gasteiger partial charge in [0.2, 0.25) is 5.91 Å². The van der Waals surface area contributed by atoms with E-state index in [1.807, 2.05) is 0 Å². The number of hydrogen-bond acceptors (Lipinski definition) is 4. The Balaban J connectivity index is 0.00000220. The smallest absolute Gasteiger partial charge is 0.337 e. The third-order valence-electron chi connectivity index (χ3n) is 3.66. The average molecular weight is 313 g/mol. The molecule has 116 valence electrons. The summed E-state index contributed by atoms with van der Waals surface area (Å²) in [6.07, 6.45) is 3.63. The summed E-state index contributed by atoms with van der Waals surface area (Å²) >= 11 is 0. The van der Waals surface area contributed by atoms with Gasteiger partial charge < -0.3 is 15.8 Å². The van der Waals surface area contributed by atoms with E-state index in [1.165, 1.54) is 7.11 Å². The van der Waals surface area contributed by atoms with Gasteiger partial charge >= 0.3 is 5.97 Å². The van der Waals surface area contributed by atoms with Crippen molar-refractivity contribution in [2.45, 2.75) is 31.7 Å². The lowest BCUT2D eigenvalue weighted by molar-refractivity contribution is -0.120. The molecule has 0 aliphatic heterocycles. The number of rotatable bonds is 3. The van der Waals surface area contributed by atoms with Crippen LogP contribution in [0.5, 0.6) is 0 Å². The van der Waals surface area contributed by atoms with Crippen molar-refractivity contribution < 1.29 is 14.3 Å². The molecule has 0 spiro atoms. The topological polar surface area (TPSA) is 81.4 Å². The number of hydrogen-bond donors (Lipinski definition) is 2. The maximum Gasteiger partial charge on any atom is 0.337 e. The van der Waals surface area contributed by atoms with E-state index in [1.54, 1.807) is 24.3 Å². The summed E-state index contributed by atoms with van der Waals surface area (Å²) in [5.41, 5.74) is 7.04. The van der Waals surface area contributed by atoms with E-state index in [0.717, 1.165) is 25.7 Å². The third kappa shape index (κ3) is 4.72. The first kappa shape index (κ1) is 17.5. The van der Waals surface area contributed by atoms with Crippen LogP contribution in [0.15, 0.2) is 24.3 Å². The highest BCUT2D eigenvalue weighted by atomic mass is 35.5. The number of esters is 1. The van der Waals surface area contributed by atoms with Gasteiger partial charge in [0, 0.05) is 17.6 Å². The van der Waals surface area contributed by atoms with E-state index in [0.29, 0.717) is 11.3 Å².